The Labute approximate surface area is 70.7 Å². The van der Waals surface area contributed by atoms with E-state index in [0.29, 0.717) is 0 Å². The van der Waals surface area contributed by atoms with Crippen LogP contribution in [0, 0.1) is 6.92 Å². The predicted octanol–water partition coefficient (Wildman–Crippen LogP) is 0.849. The van der Waals surface area contributed by atoms with Crippen molar-refractivity contribution in [3.63, 3.8) is 0 Å². The van der Waals surface area contributed by atoms with Gasteiger partial charge in [0.25, 0.3) is 0 Å². The summed E-state index contributed by atoms with van der Waals surface area (Å²) in [6.07, 6.45) is 0. The molecule has 0 aliphatic rings. The predicted molar refractivity (Wildman–Crippen MR) is 50.2 cm³/mol. The van der Waals surface area contributed by atoms with Gasteiger partial charge >= 0.3 is 0 Å². The molecule has 0 aliphatic carbocycles. The molecule has 0 bridgehead atoms. The van der Waals surface area contributed by atoms with E-state index in [9.17, 15) is 0 Å². The van der Waals surface area contributed by atoms with Crippen LogP contribution in [0.1, 0.15) is 12.5 Å². The molecular formula is C9H13NSi. The van der Waals surface area contributed by atoms with Gasteiger partial charge in [-0.05, 0) is 18.7 Å². The van der Waals surface area contributed by atoms with Gasteiger partial charge in [0, 0.05) is 0 Å². The summed E-state index contributed by atoms with van der Waals surface area (Å²) in [5.41, 5.74) is 1.38. The average molecular weight is 163 g/mol. The summed E-state index contributed by atoms with van der Waals surface area (Å²) >= 11 is 0. The minimum absolute atomic E-state index is 0.753. The highest BCUT2D eigenvalue weighted by Gasteiger charge is 1.95. The third-order valence-corrected chi connectivity index (χ3v) is 2.91. The Hall–Kier alpha value is -0.603. The SMILES string of the molecule is CCN[Si]c1ccccc1C. The molecule has 0 aromatic heterocycles. The van der Waals surface area contributed by atoms with Crippen LogP contribution in [0.2, 0.25) is 0 Å². The van der Waals surface area contributed by atoms with Crippen LogP contribution in [-0.4, -0.2) is 16.2 Å². The van der Waals surface area contributed by atoms with Crippen LogP contribution in [0.3, 0.4) is 0 Å². The Morgan fingerprint density at radius 2 is 2.09 bits per heavy atom. The zero-order valence-corrected chi connectivity index (χ0v) is 8.02. The van der Waals surface area contributed by atoms with E-state index >= 15 is 0 Å². The monoisotopic (exact) mass is 163 g/mol. The highest BCUT2D eigenvalue weighted by molar-refractivity contribution is 6.51. The molecule has 0 saturated heterocycles. The molecule has 0 amide bonds. The maximum absolute atomic E-state index is 3.33. The fraction of sp³-hybridized carbons (Fsp3) is 0.333. The molecule has 0 saturated carbocycles. The maximum Gasteiger partial charge on any atom is 0.179 e. The minimum Gasteiger partial charge on any atom is -0.336 e. The lowest BCUT2D eigenvalue weighted by atomic mass is 10.2. The van der Waals surface area contributed by atoms with Gasteiger partial charge in [-0.15, -0.1) is 0 Å². The Bertz CT molecular complexity index is 223. The smallest absolute Gasteiger partial charge is 0.179 e. The van der Waals surface area contributed by atoms with E-state index < -0.39 is 0 Å². The highest BCUT2D eigenvalue weighted by atomic mass is 28.2. The van der Waals surface area contributed by atoms with Crippen molar-refractivity contribution in [2.24, 2.45) is 0 Å². The molecule has 0 heterocycles. The molecule has 1 aromatic carbocycles. The zero-order chi connectivity index (χ0) is 8.10. The molecule has 11 heavy (non-hydrogen) atoms. The largest absolute Gasteiger partial charge is 0.336 e. The summed E-state index contributed by atoms with van der Waals surface area (Å²) in [6.45, 7) is 5.33. The summed E-state index contributed by atoms with van der Waals surface area (Å²) in [6, 6.07) is 8.50. The van der Waals surface area contributed by atoms with Gasteiger partial charge < -0.3 is 4.98 Å². The Morgan fingerprint density at radius 1 is 1.36 bits per heavy atom. The summed E-state index contributed by atoms with van der Waals surface area (Å²) < 4.78 is 0. The van der Waals surface area contributed by atoms with Crippen molar-refractivity contribution in [3.8, 4) is 0 Å². The molecule has 0 spiro atoms. The lowest BCUT2D eigenvalue weighted by Crippen LogP contribution is -2.31. The molecule has 2 radical (unpaired) electrons. The maximum atomic E-state index is 3.33. The second-order valence-electron chi connectivity index (χ2n) is 2.47. The van der Waals surface area contributed by atoms with Gasteiger partial charge in [-0.1, -0.05) is 36.8 Å². The van der Waals surface area contributed by atoms with E-state index in [1.807, 2.05) is 0 Å². The van der Waals surface area contributed by atoms with Gasteiger partial charge in [0.15, 0.2) is 9.68 Å². The summed E-state index contributed by atoms with van der Waals surface area (Å²) in [7, 11) is 0.753. The van der Waals surface area contributed by atoms with Crippen molar-refractivity contribution in [2.75, 3.05) is 6.54 Å². The van der Waals surface area contributed by atoms with Crippen molar-refractivity contribution >= 4 is 14.9 Å². The van der Waals surface area contributed by atoms with Crippen LogP contribution in [0.4, 0.5) is 0 Å². The molecule has 2 heteroatoms. The zero-order valence-electron chi connectivity index (χ0n) is 7.02. The summed E-state index contributed by atoms with van der Waals surface area (Å²) in [5.74, 6) is 0. The molecule has 1 nitrogen and oxygen atoms in total. The molecular weight excluding hydrogens is 150 g/mol. The van der Waals surface area contributed by atoms with Crippen LogP contribution in [0.5, 0.6) is 0 Å². The van der Waals surface area contributed by atoms with Crippen molar-refractivity contribution in [2.45, 2.75) is 13.8 Å². The summed E-state index contributed by atoms with van der Waals surface area (Å²) in [4.78, 5) is 3.33. The third-order valence-electron chi connectivity index (χ3n) is 1.54. The molecule has 1 rings (SSSR count). The number of hydrogen-bond acceptors (Lipinski definition) is 1. The van der Waals surface area contributed by atoms with Crippen LogP contribution in [0.25, 0.3) is 0 Å². The third kappa shape index (κ3) is 2.48. The van der Waals surface area contributed by atoms with Gasteiger partial charge in [-0.3, -0.25) is 0 Å². The van der Waals surface area contributed by atoms with E-state index in [1.54, 1.807) is 0 Å². The lowest BCUT2D eigenvalue weighted by molar-refractivity contribution is 1.01. The first-order valence-corrected chi connectivity index (χ1v) is 4.89. The topological polar surface area (TPSA) is 12.0 Å². The van der Waals surface area contributed by atoms with E-state index in [4.69, 9.17) is 0 Å². The second kappa shape index (κ2) is 4.31. The van der Waals surface area contributed by atoms with Gasteiger partial charge in [-0.25, -0.2) is 0 Å². The van der Waals surface area contributed by atoms with Crippen LogP contribution < -0.4 is 10.2 Å². The van der Waals surface area contributed by atoms with Gasteiger partial charge in [0.05, 0.1) is 0 Å². The Kier molecular flexibility index (Phi) is 3.33. The van der Waals surface area contributed by atoms with Crippen molar-refractivity contribution in [1.82, 2.24) is 4.98 Å². The van der Waals surface area contributed by atoms with E-state index in [1.165, 1.54) is 10.8 Å². The first-order valence-electron chi connectivity index (χ1n) is 3.89. The number of aryl methyl sites for hydroxylation is 1. The Balaban J connectivity index is 2.62. The lowest BCUT2D eigenvalue weighted by Gasteiger charge is -2.02. The molecule has 0 aliphatic heterocycles. The molecule has 1 aromatic rings. The molecule has 0 fully saturated rings. The van der Waals surface area contributed by atoms with E-state index in [2.05, 4.69) is 43.1 Å². The number of rotatable bonds is 3. The van der Waals surface area contributed by atoms with Crippen molar-refractivity contribution in [1.29, 1.82) is 0 Å². The fourth-order valence-electron chi connectivity index (χ4n) is 0.897. The van der Waals surface area contributed by atoms with Crippen molar-refractivity contribution in [3.05, 3.63) is 29.8 Å². The molecule has 0 unspecified atom stereocenters. The molecule has 1 N–H and O–H groups in total. The molecule has 0 atom stereocenters. The minimum atomic E-state index is 0.753. The van der Waals surface area contributed by atoms with Crippen molar-refractivity contribution < 1.29 is 0 Å². The summed E-state index contributed by atoms with van der Waals surface area (Å²) in [5, 5.41) is 1.43. The normalized spacial score (nSPS) is 10.0. The molecule has 58 valence electrons. The van der Waals surface area contributed by atoms with Crippen LogP contribution in [-0.2, 0) is 0 Å². The second-order valence-corrected chi connectivity index (χ2v) is 3.61. The number of nitrogens with one attached hydrogen (secondary N) is 1. The fourth-order valence-corrected chi connectivity index (χ4v) is 1.72. The first-order chi connectivity index (χ1) is 5.34. The Morgan fingerprint density at radius 3 is 2.73 bits per heavy atom. The highest BCUT2D eigenvalue weighted by Crippen LogP contribution is 1.90. The first kappa shape index (κ1) is 8.49. The van der Waals surface area contributed by atoms with Gasteiger partial charge in [0.1, 0.15) is 0 Å². The van der Waals surface area contributed by atoms with E-state index in [0.717, 1.165) is 16.2 Å². The van der Waals surface area contributed by atoms with Crippen LogP contribution in [0.15, 0.2) is 24.3 Å². The quantitative estimate of drug-likeness (QED) is 0.651. The van der Waals surface area contributed by atoms with Crippen LogP contribution >= 0.6 is 0 Å². The van der Waals surface area contributed by atoms with E-state index in [-0.39, 0.29) is 0 Å². The number of hydrogen-bond donors (Lipinski definition) is 1. The standard InChI is InChI=1S/C9H13NSi/c1-3-10-11-9-7-5-4-6-8(9)2/h4-7,10H,3H2,1-2H3. The average Bonchev–Trinajstić information content (AvgIpc) is 2.03. The number of benzene rings is 1. The van der Waals surface area contributed by atoms with Gasteiger partial charge in [0.2, 0.25) is 0 Å². The van der Waals surface area contributed by atoms with Gasteiger partial charge in [-0.2, -0.15) is 0 Å².